The fourth-order valence-corrected chi connectivity index (χ4v) is 4.97. The van der Waals surface area contributed by atoms with Gasteiger partial charge in [-0.3, -0.25) is 9.59 Å². The summed E-state index contributed by atoms with van der Waals surface area (Å²) in [4.78, 5) is 28.7. The summed E-state index contributed by atoms with van der Waals surface area (Å²) < 4.78 is 5.41. The van der Waals surface area contributed by atoms with Crippen molar-refractivity contribution in [1.29, 1.82) is 5.26 Å². The van der Waals surface area contributed by atoms with Crippen LogP contribution in [-0.4, -0.2) is 35.9 Å². The van der Waals surface area contributed by atoms with Gasteiger partial charge in [-0.1, -0.05) is 37.1 Å². The first-order valence-electron chi connectivity index (χ1n) is 10.8. The Labute approximate surface area is 182 Å². The van der Waals surface area contributed by atoms with Crippen LogP contribution < -0.4 is 10.1 Å². The zero-order chi connectivity index (χ0) is 21.8. The summed E-state index contributed by atoms with van der Waals surface area (Å²) in [5.41, 5.74) is 2.07. The lowest BCUT2D eigenvalue weighted by molar-refractivity contribution is -0.120. The number of hydrogen-bond acceptors (Lipinski definition) is 4. The normalized spacial score (nSPS) is 22.3. The predicted molar refractivity (Wildman–Crippen MR) is 118 cm³/mol. The molecule has 0 spiro atoms. The average molecular weight is 418 g/mol. The lowest BCUT2D eigenvalue weighted by atomic mass is 9.84. The molecule has 1 saturated carbocycles. The van der Waals surface area contributed by atoms with Crippen LogP contribution in [0.3, 0.4) is 0 Å². The lowest BCUT2D eigenvalue weighted by Gasteiger charge is -2.34. The van der Waals surface area contributed by atoms with E-state index in [-0.39, 0.29) is 17.9 Å². The van der Waals surface area contributed by atoms with Crippen LogP contribution in [-0.2, 0) is 11.2 Å². The number of methoxy groups -OCH3 is 1. The van der Waals surface area contributed by atoms with Crippen LogP contribution >= 0.6 is 0 Å². The van der Waals surface area contributed by atoms with Gasteiger partial charge >= 0.3 is 0 Å². The Morgan fingerprint density at radius 1 is 1.13 bits per heavy atom. The molecule has 0 bridgehead atoms. The number of fused-ring (bicyclic) bond motifs is 1. The maximum absolute atomic E-state index is 13.6. The second-order valence-electron chi connectivity index (χ2n) is 8.30. The third-order valence-corrected chi connectivity index (χ3v) is 6.47. The number of rotatable bonds is 5. The van der Waals surface area contributed by atoms with Gasteiger partial charge in [0.2, 0.25) is 5.91 Å². The largest absolute Gasteiger partial charge is 0.496 e. The second-order valence-corrected chi connectivity index (χ2v) is 8.30. The van der Waals surface area contributed by atoms with Gasteiger partial charge in [-0.05, 0) is 55.0 Å². The quantitative estimate of drug-likeness (QED) is 0.791. The smallest absolute Gasteiger partial charge is 0.258 e. The van der Waals surface area contributed by atoms with Crippen molar-refractivity contribution in [3.05, 3.63) is 59.7 Å². The molecule has 1 N–H and O–H groups in total. The molecule has 160 valence electrons. The SMILES string of the molecule is COc1ccccc1C(=O)N1C(C(=O)Nc2ccc(CC#N)cc2)CC2CCCCC21. The Morgan fingerprint density at radius 2 is 1.87 bits per heavy atom. The Balaban J connectivity index is 1.59. The summed E-state index contributed by atoms with van der Waals surface area (Å²) in [7, 11) is 1.56. The van der Waals surface area contributed by atoms with Crippen LogP contribution in [0.4, 0.5) is 5.69 Å². The number of hydrogen-bond donors (Lipinski definition) is 1. The van der Waals surface area contributed by atoms with Gasteiger partial charge in [-0.25, -0.2) is 0 Å². The third-order valence-electron chi connectivity index (χ3n) is 6.47. The summed E-state index contributed by atoms with van der Waals surface area (Å²) in [5.74, 6) is 0.571. The van der Waals surface area contributed by atoms with E-state index in [0.717, 1.165) is 31.2 Å². The Morgan fingerprint density at radius 3 is 2.61 bits per heavy atom. The molecule has 1 aliphatic heterocycles. The van der Waals surface area contributed by atoms with Crippen molar-refractivity contribution < 1.29 is 14.3 Å². The topological polar surface area (TPSA) is 82.4 Å². The van der Waals surface area contributed by atoms with Gasteiger partial charge < -0.3 is 15.0 Å². The Bertz CT molecular complexity index is 996. The lowest BCUT2D eigenvalue weighted by Crippen LogP contribution is -2.47. The van der Waals surface area contributed by atoms with Gasteiger partial charge in [0.15, 0.2) is 0 Å². The van der Waals surface area contributed by atoms with E-state index in [1.807, 2.05) is 24.3 Å². The molecule has 6 heteroatoms. The average Bonchev–Trinajstić information content (AvgIpc) is 3.20. The summed E-state index contributed by atoms with van der Waals surface area (Å²) in [6.45, 7) is 0. The fraction of sp³-hybridized carbons (Fsp3) is 0.400. The molecule has 2 fully saturated rings. The molecule has 3 unspecified atom stereocenters. The number of amides is 2. The molecule has 4 rings (SSSR count). The van der Waals surface area contributed by atoms with Crippen molar-refractivity contribution >= 4 is 17.5 Å². The highest BCUT2D eigenvalue weighted by Gasteiger charge is 2.47. The molecule has 2 aromatic carbocycles. The van der Waals surface area contributed by atoms with Gasteiger partial charge in [-0.2, -0.15) is 5.26 Å². The van der Waals surface area contributed by atoms with Crippen LogP contribution in [0.15, 0.2) is 48.5 Å². The number of nitriles is 1. The summed E-state index contributed by atoms with van der Waals surface area (Å²) in [6, 6.07) is 16.2. The Hall–Kier alpha value is -3.33. The molecule has 6 nitrogen and oxygen atoms in total. The summed E-state index contributed by atoms with van der Waals surface area (Å²) >= 11 is 0. The highest BCUT2D eigenvalue weighted by Crippen LogP contribution is 2.41. The van der Waals surface area contributed by atoms with Crippen LogP contribution in [0, 0.1) is 17.2 Å². The van der Waals surface area contributed by atoms with E-state index in [2.05, 4.69) is 11.4 Å². The van der Waals surface area contributed by atoms with Crippen molar-refractivity contribution in [3.63, 3.8) is 0 Å². The molecular weight excluding hydrogens is 390 g/mol. The number of para-hydroxylation sites is 1. The highest BCUT2D eigenvalue weighted by molar-refractivity contribution is 6.03. The van der Waals surface area contributed by atoms with Crippen molar-refractivity contribution in [2.24, 2.45) is 5.92 Å². The van der Waals surface area contributed by atoms with Crippen LogP contribution in [0.2, 0.25) is 0 Å². The van der Waals surface area contributed by atoms with Gasteiger partial charge in [0, 0.05) is 11.7 Å². The predicted octanol–water partition coefficient (Wildman–Crippen LogP) is 4.17. The van der Waals surface area contributed by atoms with Gasteiger partial charge in [0.05, 0.1) is 25.2 Å². The fourth-order valence-electron chi connectivity index (χ4n) is 4.97. The van der Waals surface area contributed by atoms with Crippen LogP contribution in [0.25, 0.3) is 0 Å². The molecule has 2 aromatic rings. The minimum Gasteiger partial charge on any atom is -0.496 e. The molecule has 0 radical (unpaired) electrons. The number of anilines is 1. The van der Waals surface area contributed by atoms with Gasteiger partial charge in [-0.15, -0.1) is 0 Å². The van der Waals surface area contributed by atoms with Crippen molar-refractivity contribution in [1.82, 2.24) is 4.90 Å². The second kappa shape index (κ2) is 9.22. The van der Waals surface area contributed by atoms with E-state index in [0.29, 0.717) is 35.8 Å². The zero-order valence-corrected chi connectivity index (χ0v) is 17.7. The molecule has 2 amide bonds. The number of benzene rings is 2. The van der Waals surface area contributed by atoms with Crippen molar-refractivity contribution in [2.45, 2.75) is 50.6 Å². The molecule has 0 aromatic heterocycles. The number of carbonyl (C=O) groups is 2. The van der Waals surface area contributed by atoms with E-state index in [1.54, 1.807) is 36.3 Å². The first-order chi connectivity index (χ1) is 15.1. The number of nitrogens with one attached hydrogen (secondary N) is 1. The van der Waals surface area contributed by atoms with Gasteiger partial charge in [0.1, 0.15) is 11.8 Å². The molecule has 3 atom stereocenters. The van der Waals surface area contributed by atoms with Crippen molar-refractivity contribution in [3.8, 4) is 11.8 Å². The number of nitrogens with zero attached hydrogens (tertiary/aromatic N) is 2. The molecule has 1 heterocycles. The first-order valence-corrected chi connectivity index (χ1v) is 10.8. The number of carbonyl (C=O) groups excluding carboxylic acids is 2. The number of likely N-dealkylation sites (tertiary alicyclic amines) is 1. The minimum atomic E-state index is -0.510. The maximum atomic E-state index is 13.6. The molecule has 31 heavy (non-hydrogen) atoms. The van der Waals surface area contributed by atoms with E-state index in [9.17, 15) is 9.59 Å². The zero-order valence-electron chi connectivity index (χ0n) is 17.7. The highest BCUT2D eigenvalue weighted by atomic mass is 16.5. The molecular formula is C25H27N3O3. The summed E-state index contributed by atoms with van der Waals surface area (Å²) in [6.07, 6.45) is 5.22. The summed E-state index contributed by atoms with van der Waals surface area (Å²) in [5, 5.41) is 11.8. The molecule has 1 aliphatic carbocycles. The minimum absolute atomic E-state index is 0.0833. The number of ether oxygens (including phenoxy) is 1. The van der Waals surface area contributed by atoms with Gasteiger partial charge in [0.25, 0.3) is 5.91 Å². The van der Waals surface area contributed by atoms with E-state index in [4.69, 9.17) is 10.00 Å². The third kappa shape index (κ3) is 4.27. The standard InChI is InChI=1S/C25H27N3O3/c1-31-23-9-5-3-7-20(23)25(30)28-21-8-4-2-6-18(21)16-22(28)24(29)27-19-12-10-17(11-13-19)14-15-26/h3,5,7,9-13,18,21-22H,2,4,6,8,14,16H2,1H3,(H,27,29). The first kappa shape index (κ1) is 20.9. The van der Waals surface area contributed by atoms with Crippen LogP contribution in [0.1, 0.15) is 48.0 Å². The van der Waals surface area contributed by atoms with E-state index < -0.39 is 6.04 Å². The Kier molecular flexibility index (Phi) is 6.22. The molecule has 1 saturated heterocycles. The van der Waals surface area contributed by atoms with Crippen molar-refractivity contribution in [2.75, 3.05) is 12.4 Å². The maximum Gasteiger partial charge on any atom is 0.258 e. The van der Waals surface area contributed by atoms with E-state index >= 15 is 0 Å². The van der Waals surface area contributed by atoms with Crippen LogP contribution in [0.5, 0.6) is 5.75 Å². The monoisotopic (exact) mass is 417 g/mol. The van der Waals surface area contributed by atoms with E-state index in [1.165, 1.54) is 0 Å². The molecule has 2 aliphatic rings.